The summed E-state index contributed by atoms with van der Waals surface area (Å²) in [6.45, 7) is 15.7. The minimum atomic E-state index is -2.41. The van der Waals surface area contributed by atoms with Crippen molar-refractivity contribution in [3.63, 3.8) is 0 Å². The average molecular weight is 460 g/mol. The Kier molecular flexibility index (Phi) is 6.86. The van der Waals surface area contributed by atoms with Crippen LogP contribution in [-0.4, -0.2) is 26.0 Å². The highest BCUT2D eigenvalue weighted by atomic mass is 28.3. The number of ether oxygens (including phenoxy) is 1. The Balaban J connectivity index is 1.94. The SMILES string of the molecule is Cc1ccc([Si](NC(C)(C)C)(c2ccc(C)cc2)C2CC(OC(C)C)C3C=CC=CC32)cc1. The molecule has 0 bridgehead atoms. The van der Waals surface area contributed by atoms with Crippen LogP contribution in [0.2, 0.25) is 5.54 Å². The molecule has 0 amide bonds. The van der Waals surface area contributed by atoms with Crippen molar-refractivity contribution in [1.29, 1.82) is 0 Å². The van der Waals surface area contributed by atoms with Crippen molar-refractivity contribution in [2.24, 2.45) is 11.8 Å². The number of hydrogen-bond donors (Lipinski definition) is 1. The zero-order valence-corrected chi connectivity index (χ0v) is 22.4. The molecule has 1 fully saturated rings. The molecule has 2 aromatic rings. The third-order valence-corrected chi connectivity index (χ3v) is 12.6. The first-order chi connectivity index (χ1) is 15.6. The van der Waals surface area contributed by atoms with Gasteiger partial charge in [-0.2, -0.15) is 0 Å². The van der Waals surface area contributed by atoms with E-state index in [2.05, 4.69) is 126 Å². The van der Waals surface area contributed by atoms with E-state index in [-0.39, 0.29) is 17.7 Å². The van der Waals surface area contributed by atoms with E-state index in [1.807, 2.05) is 0 Å². The molecule has 0 saturated heterocycles. The molecule has 1 N–H and O–H groups in total. The lowest BCUT2D eigenvalue weighted by molar-refractivity contribution is -0.00616. The van der Waals surface area contributed by atoms with Crippen molar-refractivity contribution in [1.82, 2.24) is 4.98 Å². The molecule has 1 saturated carbocycles. The maximum absolute atomic E-state index is 6.56. The van der Waals surface area contributed by atoms with Gasteiger partial charge in [0.25, 0.3) is 0 Å². The maximum atomic E-state index is 6.56. The first kappa shape index (κ1) is 24.2. The average Bonchev–Trinajstić information content (AvgIpc) is 3.11. The van der Waals surface area contributed by atoms with Crippen LogP contribution in [0, 0.1) is 25.7 Å². The van der Waals surface area contributed by atoms with Gasteiger partial charge in [-0.25, -0.2) is 0 Å². The predicted molar refractivity (Wildman–Crippen MR) is 144 cm³/mol. The lowest BCUT2D eigenvalue weighted by atomic mass is 9.90. The van der Waals surface area contributed by atoms with Gasteiger partial charge in [-0.3, -0.25) is 0 Å². The molecule has 2 aromatic carbocycles. The van der Waals surface area contributed by atoms with Crippen molar-refractivity contribution >= 4 is 18.6 Å². The Morgan fingerprint density at radius 3 is 1.76 bits per heavy atom. The van der Waals surface area contributed by atoms with Gasteiger partial charge in [0.2, 0.25) is 0 Å². The summed E-state index contributed by atoms with van der Waals surface area (Å²) in [5, 5.41) is 2.95. The minimum absolute atomic E-state index is 0.0112. The monoisotopic (exact) mass is 459 g/mol. The fraction of sp³-hybridized carbons (Fsp3) is 0.467. The van der Waals surface area contributed by atoms with Crippen LogP contribution in [0.1, 0.15) is 52.2 Å². The Morgan fingerprint density at radius 2 is 1.30 bits per heavy atom. The Hall–Kier alpha value is -1.94. The summed E-state index contributed by atoms with van der Waals surface area (Å²) in [6, 6.07) is 18.8. The minimum Gasteiger partial charge on any atom is -0.375 e. The second-order valence-electron chi connectivity index (χ2n) is 11.4. The largest absolute Gasteiger partial charge is 0.375 e. The first-order valence-corrected chi connectivity index (χ1v) is 14.6. The first-order valence-electron chi connectivity index (χ1n) is 12.5. The Labute approximate surface area is 202 Å². The highest BCUT2D eigenvalue weighted by molar-refractivity contribution is 7.01. The van der Waals surface area contributed by atoms with Gasteiger partial charge in [-0.05, 0) is 76.7 Å². The fourth-order valence-electron chi connectivity index (χ4n) is 6.00. The van der Waals surface area contributed by atoms with E-state index in [0.29, 0.717) is 17.4 Å². The molecular formula is C30H41NOSi. The summed E-state index contributed by atoms with van der Waals surface area (Å²) >= 11 is 0. The van der Waals surface area contributed by atoms with Crippen molar-refractivity contribution in [3.05, 3.63) is 84.0 Å². The number of hydrogen-bond acceptors (Lipinski definition) is 2. The van der Waals surface area contributed by atoms with Crippen molar-refractivity contribution in [2.45, 2.75) is 78.2 Å². The van der Waals surface area contributed by atoms with Gasteiger partial charge in [0.1, 0.15) is 0 Å². The number of aryl methyl sites for hydroxylation is 2. The number of allylic oxidation sites excluding steroid dienone is 3. The summed E-state index contributed by atoms with van der Waals surface area (Å²) in [5.41, 5.74) is 3.11. The third kappa shape index (κ3) is 4.96. The van der Waals surface area contributed by atoms with E-state index in [9.17, 15) is 0 Å². The molecule has 4 atom stereocenters. The Morgan fingerprint density at radius 1 is 0.818 bits per heavy atom. The van der Waals surface area contributed by atoms with Gasteiger partial charge < -0.3 is 9.72 Å². The predicted octanol–water partition coefficient (Wildman–Crippen LogP) is 5.68. The standard InChI is InChI=1S/C30H41NOSi/c1-21(2)32-28-20-29(27-11-9-8-10-26(27)28)33(31-30(5,6)7,24-16-12-22(3)13-17-24)25-18-14-23(4)15-19-25/h8-19,21,26-29,31H,20H2,1-7H3. The van der Waals surface area contributed by atoms with E-state index in [1.165, 1.54) is 21.5 Å². The molecule has 4 unspecified atom stereocenters. The molecule has 0 radical (unpaired) electrons. The van der Waals surface area contributed by atoms with Crippen LogP contribution < -0.4 is 15.4 Å². The third-order valence-electron chi connectivity index (χ3n) is 7.19. The summed E-state index contributed by atoms with van der Waals surface area (Å²) in [5.74, 6) is 0.912. The van der Waals surface area contributed by atoms with Crippen LogP contribution in [0.4, 0.5) is 0 Å². The lowest BCUT2D eigenvalue weighted by Gasteiger charge is -2.46. The number of rotatable bonds is 6. The topological polar surface area (TPSA) is 21.3 Å². The molecule has 176 valence electrons. The summed E-state index contributed by atoms with van der Waals surface area (Å²) in [6.07, 6.45) is 10.9. The molecule has 2 nitrogen and oxygen atoms in total. The van der Waals surface area contributed by atoms with Crippen LogP contribution in [0.5, 0.6) is 0 Å². The normalized spacial score (nSPS) is 25.0. The van der Waals surface area contributed by atoms with Gasteiger partial charge in [-0.15, -0.1) is 0 Å². The second-order valence-corrected chi connectivity index (χ2v) is 15.2. The second kappa shape index (κ2) is 9.36. The molecule has 0 aromatic heterocycles. The zero-order chi connectivity index (χ0) is 23.8. The van der Waals surface area contributed by atoms with Gasteiger partial charge in [0.05, 0.1) is 12.2 Å². The van der Waals surface area contributed by atoms with E-state index in [1.54, 1.807) is 0 Å². The van der Waals surface area contributed by atoms with Crippen LogP contribution in [0.15, 0.2) is 72.8 Å². The van der Waals surface area contributed by atoms with Crippen LogP contribution in [0.3, 0.4) is 0 Å². The molecule has 0 spiro atoms. The summed E-state index contributed by atoms with van der Waals surface area (Å²) in [4.78, 5) is 4.32. The van der Waals surface area contributed by atoms with Crippen LogP contribution >= 0.6 is 0 Å². The quantitative estimate of drug-likeness (QED) is 0.561. The summed E-state index contributed by atoms with van der Waals surface area (Å²) in [7, 11) is -2.41. The van der Waals surface area contributed by atoms with Gasteiger partial charge in [0.15, 0.2) is 8.24 Å². The van der Waals surface area contributed by atoms with E-state index in [4.69, 9.17) is 4.74 Å². The lowest BCUT2D eigenvalue weighted by Crippen LogP contribution is -2.75. The highest BCUT2D eigenvalue weighted by Gasteiger charge is 2.56. The van der Waals surface area contributed by atoms with Crippen molar-refractivity contribution in [3.8, 4) is 0 Å². The number of fused-ring (bicyclic) bond motifs is 1. The van der Waals surface area contributed by atoms with Gasteiger partial charge in [-0.1, -0.05) is 84.0 Å². The fourth-order valence-corrected chi connectivity index (χ4v) is 11.7. The molecule has 4 rings (SSSR count). The van der Waals surface area contributed by atoms with Crippen molar-refractivity contribution < 1.29 is 4.74 Å². The zero-order valence-electron chi connectivity index (χ0n) is 21.4. The van der Waals surface area contributed by atoms with Crippen LogP contribution in [-0.2, 0) is 4.74 Å². The molecule has 0 aliphatic heterocycles. The maximum Gasteiger partial charge on any atom is 0.194 e. The van der Waals surface area contributed by atoms with E-state index < -0.39 is 8.24 Å². The van der Waals surface area contributed by atoms with Gasteiger partial charge >= 0.3 is 0 Å². The number of benzene rings is 2. The van der Waals surface area contributed by atoms with E-state index >= 15 is 0 Å². The van der Waals surface area contributed by atoms with Gasteiger partial charge in [0, 0.05) is 11.5 Å². The molecule has 33 heavy (non-hydrogen) atoms. The summed E-state index contributed by atoms with van der Waals surface area (Å²) < 4.78 is 6.56. The van der Waals surface area contributed by atoms with Crippen molar-refractivity contribution in [2.75, 3.05) is 0 Å². The number of nitrogens with one attached hydrogen (secondary N) is 1. The molecule has 2 aliphatic carbocycles. The highest BCUT2D eigenvalue weighted by Crippen LogP contribution is 2.50. The smallest absolute Gasteiger partial charge is 0.194 e. The molecular weight excluding hydrogens is 418 g/mol. The molecule has 3 heteroatoms. The van der Waals surface area contributed by atoms with Crippen LogP contribution in [0.25, 0.3) is 0 Å². The molecule has 0 heterocycles. The molecule has 2 aliphatic rings. The Bertz CT molecular complexity index is 952. The van der Waals surface area contributed by atoms with E-state index in [0.717, 1.165) is 6.42 Å².